The molecule has 0 aliphatic heterocycles. The molecule has 0 aliphatic carbocycles. The van der Waals surface area contributed by atoms with Crippen LogP contribution in [0, 0.1) is 10.1 Å². The Kier molecular flexibility index (Phi) is 4.57. The second kappa shape index (κ2) is 6.38. The Hall–Kier alpha value is -2.08. The van der Waals surface area contributed by atoms with Crippen molar-refractivity contribution >= 4 is 21.6 Å². The van der Waals surface area contributed by atoms with Gasteiger partial charge in [-0.05, 0) is 23.8 Å². The van der Waals surface area contributed by atoms with Gasteiger partial charge in [0.1, 0.15) is 6.61 Å². The molecule has 2 aromatic carbocycles. The van der Waals surface area contributed by atoms with Crippen molar-refractivity contribution in [3.63, 3.8) is 0 Å². The van der Waals surface area contributed by atoms with Crippen molar-refractivity contribution in [3.8, 4) is 11.5 Å². The number of para-hydroxylation sites is 1. The average Bonchev–Trinajstić information content (AvgIpc) is 2.46. The summed E-state index contributed by atoms with van der Waals surface area (Å²) in [6.07, 6.45) is 0. The monoisotopic (exact) mass is 337 g/mol. The van der Waals surface area contributed by atoms with E-state index in [0.29, 0.717) is 16.6 Å². The van der Waals surface area contributed by atoms with Crippen LogP contribution in [0.25, 0.3) is 0 Å². The lowest BCUT2D eigenvalue weighted by atomic mass is 10.2. The Morgan fingerprint density at radius 2 is 2.00 bits per heavy atom. The standard InChI is InChI=1S/C14H12BrNO4/c15-8-10-5-6-14(13(17)7-10)20-9-11-3-1-2-4-12(11)16(18)19/h1-7,17H,8-9H2. The van der Waals surface area contributed by atoms with E-state index in [4.69, 9.17) is 4.74 Å². The van der Waals surface area contributed by atoms with Gasteiger partial charge in [-0.25, -0.2) is 0 Å². The van der Waals surface area contributed by atoms with Crippen LogP contribution in [0.4, 0.5) is 5.69 Å². The fourth-order valence-corrected chi connectivity index (χ4v) is 2.08. The molecule has 0 saturated carbocycles. The maximum Gasteiger partial charge on any atom is 0.276 e. The zero-order valence-corrected chi connectivity index (χ0v) is 12.0. The van der Waals surface area contributed by atoms with E-state index in [1.807, 2.05) is 6.07 Å². The number of ether oxygens (including phenoxy) is 1. The Morgan fingerprint density at radius 1 is 1.25 bits per heavy atom. The highest BCUT2D eigenvalue weighted by atomic mass is 79.9. The van der Waals surface area contributed by atoms with E-state index >= 15 is 0 Å². The molecular weight excluding hydrogens is 326 g/mol. The lowest BCUT2D eigenvalue weighted by molar-refractivity contribution is -0.385. The summed E-state index contributed by atoms with van der Waals surface area (Å²) in [7, 11) is 0. The highest BCUT2D eigenvalue weighted by Gasteiger charge is 2.13. The summed E-state index contributed by atoms with van der Waals surface area (Å²) in [4.78, 5) is 10.4. The molecule has 0 atom stereocenters. The predicted octanol–water partition coefficient (Wildman–Crippen LogP) is 3.77. The summed E-state index contributed by atoms with van der Waals surface area (Å²) in [5, 5.41) is 21.3. The molecule has 1 N–H and O–H groups in total. The third-order valence-corrected chi connectivity index (χ3v) is 3.40. The van der Waals surface area contributed by atoms with Crippen molar-refractivity contribution in [3.05, 3.63) is 63.7 Å². The zero-order chi connectivity index (χ0) is 14.5. The van der Waals surface area contributed by atoms with E-state index in [9.17, 15) is 15.2 Å². The van der Waals surface area contributed by atoms with Gasteiger partial charge in [-0.15, -0.1) is 0 Å². The van der Waals surface area contributed by atoms with Crippen molar-refractivity contribution < 1.29 is 14.8 Å². The van der Waals surface area contributed by atoms with E-state index in [-0.39, 0.29) is 18.0 Å². The van der Waals surface area contributed by atoms with E-state index < -0.39 is 4.92 Å². The number of rotatable bonds is 5. The number of hydrogen-bond donors (Lipinski definition) is 1. The normalized spacial score (nSPS) is 10.2. The summed E-state index contributed by atoms with van der Waals surface area (Å²) >= 11 is 3.29. The number of hydrogen-bond acceptors (Lipinski definition) is 4. The van der Waals surface area contributed by atoms with Crippen LogP contribution in [-0.4, -0.2) is 10.0 Å². The lowest BCUT2D eigenvalue weighted by Crippen LogP contribution is -2.00. The van der Waals surface area contributed by atoms with E-state index in [1.54, 1.807) is 30.3 Å². The number of phenolic OH excluding ortho intramolecular Hbond substituents is 1. The molecule has 0 bridgehead atoms. The van der Waals surface area contributed by atoms with Crippen LogP contribution < -0.4 is 4.74 Å². The molecule has 0 amide bonds. The highest BCUT2D eigenvalue weighted by molar-refractivity contribution is 9.08. The summed E-state index contributed by atoms with van der Waals surface area (Å²) in [5.74, 6) is 0.313. The molecule has 0 unspecified atom stereocenters. The maximum absolute atomic E-state index is 10.9. The van der Waals surface area contributed by atoms with Crippen molar-refractivity contribution in [2.45, 2.75) is 11.9 Å². The Bertz CT molecular complexity index is 630. The predicted molar refractivity (Wildman–Crippen MR) is 78.2 cm³/mol. The van der Waals surface area contributed by atoms with Crippen molar-refractivity contribution in [2.24, 2.45) is 0 Å². The summed E-state index contributed by atoms with van der Waals surface area (Å²) in [6.45, 7) is 0.0262. The molecule has 0 heterocycles. The summed E-state index contributed by atoms with van der Waals surface area (Å²) < 4.78 is 5.44. The van der Waals surface area contributed by atoms with Gasteiger partial charge in [0.15, 0.2) is 11.5 Å². The quantitative estimate of drug-likeness (QED) is 0.512. The highest BCUT2D eigenvalue weighted by Crippen LogP contribution is 2.29. The first-order valence-electron chi connectivity index (χ1n) is 5.84. The van der Waals surface area contributed by atoms with Crippen molar-refractivity contribution in [1.82, 2.24) is 0 Å². The molecule has 104 valence electrons. The van der Waals surface area contributed by atoms with Gasteiger partial charge in [0.2, 0.25) is 0 Å². The molecule has 20 heavy (non-hydrogen) atoms. The third-order valence-electron chi connectivity index (χ3n) is 2.75. The summed E-state index contributed by atoms with van der Waals surface area (Å²) in [6, 6.07) is 11.4. The van der Waals surface area contributed by atoms with Crippen molar-refractivity contribution in [1.29, 1.82) is 0 Å². The number of halogens is 1. The summed E-state index contributed by atoms with van der Waals surface area (Å²) in [5.41, 5.74) is 1.38. The van der Waals surface area contributed by atoms with Crippen LogP contribution in [0.15, 0.2) is 42.5 Å². The van der Waals surface area contributed by atoms with Gasteiger partial charge in [0, 0.05) is 11.4 Å². The second-order valence-corrected chi connectivity index (χ2v) is 4.67. The average molecular weight is 338 g/mol. The molecule has 0 fully saturated rings. The van der Waals surface area contributed by atoms with Crippen LogP contribution in [0.5, 0.6) is 11.5 Å². The van der Waals surface area contributed by atoms with E-state index in [1.165, 1.54) is 6.07 Å². The lowest BCUT2D eigenvalue weighted by Gasteiger charge is -2.09. The maximum atomic E-state index is 10.9. The van der Waals surface area contributed by atoms with Gasteiger partial charge in [-0.1, -0.05) is 34.1 Å². The van der Waals surface area contributed by atoms with Gasteiger partial charge in [0.05, 0.1) is 10.5 Å². The number of benzene rings is 2. The van der Waals surface area contributed by atoms with Gasteiger partial charge in [-0.3, -0.25) is 10.1 Å². The van der Waals surface area contributed by atoms with Crippen LogP contribution in [0.3, 0.4) is 0 Å². The SMILES string of the molecule is O=[N+]([O-])c1ccccc1COc1ccc(CBr)cc1O. The van der Waals surface area contributed by atoms with Crippen LogP contribution in [0.2, 0.25) is 0 Å². The van der Waals surface area contributed by atoms with Gasteiger partial charge in [0.25, 0.3) is 5.69 Å². The largest absolute Gasteiger partial charge is 0.504 e. The second-order valence-electron chi connectivity index (χ2n) is 4.11. The van der Waals surface area contributed by atoms with Gasteiger partial charge < -0.3 is 9.84 Å². The fraction of sp³-hybridized carbons (Fsp3) is 0.143. The number of nitro benzene ring substituents is 1. The third kappa shape index (κ3) is 3.27. The Labute approximate surface area is 124 Å². The number of aromatic hydroxyl groups is 1. The van der Waals surface area contributed by atoms with Crippen LogP contribution in [-0.2, 0) is 11.9 Å². The fourth-order valence-electron chi connectivity index (χ4n) is 1.73. The first-order chi connectivity index (χ1) is 9.61. The molecule has 6 heteroatoms. The van der Waals surface area contributed by atoms with E-state index in [2.05, 4.69) is 15.9 Å². The van der Waals surface area contributed by atoms with E-state index in [0.717, 1.165) is 5.56 Å². The molecule has 0 aromatic heterocycles. The zero-order valence-electron chi connectivity index (χ0n) is 10.5. The number of phenols is 1. The number of alkyl halides is 1. The molecule has 2 aromatic rings. The molecule has 0 radical (unpaired) electrons. The first-order valence-corrected chi connectivity index (χ1v) is 6.97. The van der Waals surface area contributed by atoms with Gasteiger partial charge in [-0.2, -0.15) is 0 Å². The smallest absolute Gasteiger partial charge is 0.276 e. The first kappa shape index (κ1) is 14.3. The molecule has 5 nitrogen and oxygen atoms in total. The molecule has 0 saturated heterocycles. The number of nitro groups is 1. The minimum Gasteiger partial charge on any atom is -0.504 e. The number of nitrogens with zero attached hydrogens (tertiary/aromatic N) is 1. The van der Waals surface area contributed by atoms with Crippen LogP contribution >= 0.6 is 15.9 Å². The minimum atomic E-state index is -0.452. The minimum absolute atomic E-state index is 0.00377. The van der Waals surface area contributed by atoms with Crippen LogP contribution in [0.1, 0.15) is 11.1 Å². The topological polar surface area (TPSA) is 72.6 Å². The Balaban J connectivity index is 2.15. The molecule has 0 spiro atoms. The molecule has 2 rings (SSSR count). The molecule has 0 aliphatic rings. The Morgan fingerprint density at radius 3 is 2.65 bits per heavy atom. The molecular formula is C14H12BrNO4. The van der Waals surface area contributed by atoms with Gasteiger partial charge >= 0.3 is 0 Å². The van der Waals surface area contributed by atoms with Crippen molar-refractivity contribution in [2.75, 3.05) is 0 Å².